The number of hydrogen-bond donors (Lipinski definition) is 1. The Morgan fingerprint density at radius 2 is 1.96 bits per heavy atom. The SMILES string of the molecule is Cc1ccccc1CC(=O)NCCCc1nc(-c2ccncc2)cs1. The standard InChI is InChI=1S/C20H21N3OS/c1-15-5-2-3-6-17(15)13-19(24)22-10-4-7-20-23-18(14-25-20)16-8-11-21-12-9-16/h2-3,5-6,8-9,11-12,14H,4,7,10,13H2,1H3,(H,22,24). The van der Waals surface area contributed by atoms with E-state index in [-0.39, 0.29) is 5.91 Å². The van der Waals surface area contributed by atoms with Gasteiger partial charge in [-0.3, -0.25) is 9.78 Å². The van der Waals surface area contributed by atoms with Gasteiger partial charge in [0.05, 0.1) is 17.1 Å². The van der Waals surface area contributed by atoms with Gasteiger partial charge >= 0.3 is 0 Å². The van der Waals surface area contributed by atoms with Crippen LogP contribution in [0.5, 0.6) is 0 Å². The van der Waals surface area contributed by atoms with Crippen molar-refractivity contribution in [3.05, 3.63) is 70.3 Å². The predicted molar refractivity (Wildman–Crippen MR) is 102 cm³/mol. The largest absolute Gasteiger partial charge is 0.356 e. The molecule has 0 spiro atoms. The van der Waals surface area contributed by atoms with Crippen molar-refractivity contribution in [1.29, 1.82) is 0 Å². The normalized spacial score (nSPS) is 10.6. The molecule has 1 N–H and O–H groups in total. The van der Waals surface area contributed by atoms with E-state index < -0.39 is 0 Å². The summed E-state index contributed by atoms with van der Waals surface area (Å²) in [5.41, 5.74) is 4.32. The van der Waals surface area contributed by atoms with E-state index in [4.69, 9.17) is 0 Å². The number of hydrogen-bond acceptors (Lipinski definition) is 4. The Morgan fingerprint density at radius 3 is 2.76 bits per heavy atom. The van der Waals surface area contributed by atoms with E-state index in [1.165, 1.54) is 0 Å². The van der Waals surface area contributed by atoms with Crippen LogP contribution in [-0.2, 0) is 17.6 Å². The Bertz CT molecular complexity index is 830. The highest BCUT2D eigenvalue weighted by molar-refractivity contribution is 7.09. The molecular formula is C20H21N3OS. The summed E-state index contributed by atoms with van der Waals surface area (Å²) in [4.78, 5) is 20.7. The van der Waals surface area contributed by atoms with Gasteiger partial charge in [-0.25, -0.2) is 4.98 Å². The van der Waals surface area contributed by atoms with Crippen LogP contribution in [0.1, 0.15) is 22.6 Å². The molecule has 0 aliphatic rings. The summed E-state index contributed by atoms with van der Waals surface area (Å²) in [6, 6.07) is 11.9. The molecule has 0 aliphatic heterocycles. The number of amides is 1. The molecule has 1 amide bonds. The number of rotatable bonds is 7. The lowest BCUT2D eigenvalue weighted by Gasteiger charge is -2.06. The van der Waals surface area contributed by atoms with Crippen LogP contribution in [0, 0.1) is 6.92 Å². The van der Waals surface area contributed by atoms with Crippen molar-refractivity contribution < 1.29 is 4.79 Å². The fourth-order valence-electron chi connectivity index (χ4n) is 2.59. The Kier molecular flexibility index (Phi) is 5.90. The van der Waals surface area contributed by atoms with Crippen molar-refractivity contribution >= 4 is 17.2 Å². The van der Waals surface area contributed by atoms with Crippen LogP contribution in [0.2, 0.25) is 0 Å². The molecule has 0 saturated carbocycles. The van der Waals surface area contributed by atoms with Gasteiger partial charge in [0.1, 0.15) is 0 Å². The van der Waals surface area contributed by atoms with Gasteiger partial charge in [-0.15, -0.1) is 11.3 Å². The van der Waals surface area contributed by atoms with Gasteiger partial charge in [-0.2, -0.15) is 0 Å². The lowest BCUT2D eigenvalue weighted by molar-refractivity contribution is -0.120. The zero-order valence-electron chi connectivity index (χ0n) is 14.2. The van der Waals surface area contributed by atoms with Gasteiger partial charge in [0.15, 0.2) is 0 Å². The fourth-order valence-corrected chi connectivity index (χ4v) is 3.44. The average molecular weight is 351 g/mol. The lowest BCUT2D eigenvalue weighted by atomic mass is 10.1. The maximum Gasteiger partial charge on any atom is 0.224 e. The number of aromatic nitrogens is 2. The first-order valence-corrected chi connectivity index (χ1v) is 9.26. The van der Waals surface area contributed by atoms with Gasteiger partial charge in [0.25, 0.3) is 0 Å². The quantitative estimate of drug-likeness (QED) is 0.659. The van der Waals surface area contributed by atoms with E-state index in [1.807, 2.05) is 43.3 Å². The summed E-state index contributed by atoms with van der Waals surface area (Å²) in [5, 5.41) is 6.16. The van der Waals surface area contributed by atoms with Gasteiger partial charge in [-0.05, 0) is 36.6 Å². The molecule has 3 aromatic rings. The Labute approximate surface area is 152 Å². The highest BCUT2D eigenvalue weighted by Gasteiger charge is 2.06. The maximum absolute atomic E-state index is 12.0. The number of nitrogens with zero attached hydrogens (tertiary/aromatic N) is 2. The summed E-state index contributed by atoms with van der Waals surface area (Å²) in [7, 11) is 0. The molecule has 4 nitrogen and oxygen atoms in total. The van der Waals surface area contributed by atoms with E-state index in [1.54, 1.807) is 23.7 Å². The highest BCUT2D eigenvalue weighted by atomic mass is 32.1. The zero-order chi connectivity index (χ0) is 17.5. The maximum atomic E-state index is 12.0. The van der Waals surface area contributed by atoms with Crippen LogP contribution in [0.3, 0.4) is 0 Å². The van der Waals surface area contributed by atoms with Crippen molar-refractivity contribution in [3.8, 4) is 11.3 Å². The Morgan fingerprint density at radius 1 is 1.16 bits per heavy atom. The molecule has 3 rings (SSSR count). The van der Waals surface area contributed by atoms with Crippen LogP contribution in [-0.4, -0.2) is 22.4 Å². The number of carbonyl (C=O) groups excluding carboxylic acids is 1. The molecule has 0 bridgehead atoms. The molecule has 0 atom stereocenters. The van der Waals surface area contributed by atoms with Crippen molar-refractivity contribution in [2.45, 2.75) is 26.2 Å². The molecule has 25 heavy (non-hydrogen) atoms. The van der Waals surface area contributed by atoms with E-state index >= 15 is 0 Å². The number of benzene rings is 1. The molecule has 5 heteroatoms. The van der Waals surface area contributed by atoms with Crippen molar-refractivity contribution in [1.82, 2.24) is 15.3 Å². The topological polar surface area (TPSA) is 54.9 Å². The summed E-state index contributed by atoms with van der Waals surface area (Å²) in [6.07, 6.45) is 5.76. The highest BCUT2D eigenvalue weighted by Crippen LogP contribution is 2.21. The zero-order valence-corrected chi connectivity index (χ0v) is 15.1. The van der Waals surface area contributed by atoms with Gasteiger partial charge in [0, 0.05) is 36.3 Å². The van der Waals surface area contributed by atoms with E-state index in [0.717, 1.165) is 40.2 Å². The second-order valence-corrected chi connectivity index (χ2v) is 6.86. The third kappa shape index (κ3) is 4.97. The summed E-state index contributed by atoms with van der Waals surface area (Å²) >= 11 is 1.66. The lowest BCUT2D eigenvalue weighted by Crippen LogP contribution is -2.26. The molecule has 1 aromatic carbocycles. The first kappa shape index (κ1) is 17.3. The molecule has 0 radical (unpaired) electrons. The third-order valence-electron chi connectivity index (χ3n) is 4.03. The van der Waals surface area contributed by atoms with E-state index in [0.29, 0.717) is 13.0 Å². The Balaban J connectivity index is 1.42. The summed E-state index contributed by atoms with van der Waals surface area (Å²) < 4.78 is 0. The van der Waals surface area contributed by atoms with Crippen LogP contribution in [0.4, 0.5) is 0 Å². The molecular weight excluding hydrogens is 330 g/mol. The van der Waals surface area contributed by atoms with Gasteiger partial charge < -0.3 is 5.32 Å². The van der Waals surface area contributed by atoms with E-state index in [2.05, 4.69) is 20.7 Å². The molecule has 0 aliphatic carbocycles. The second-order valence-electron chi connectivity index (χ2n) is 5.92. The van der Waals surface area contributed by atoms with Crippen LogP contribution < -0.4 is 5.32 Å². The average Bonchev–Trinajstić information content (AvgIpc) is 3.10. The number of aryl methyl sites for hydroxylation is 2. The van der Waals surface area contributed by atoms with Gasteiger partial charge in [0.2, 0.25) is 5.91 Å². The minimum absolute atomic E-state index is 0.0749. The summed E-state index contributed by atoms with van der Waals surface area (Å²) in [5.74, 6) is 0.0749. The fraction of sp³-hybridized carbons (Fsp3) is 0.250. The smallest absolute Gasteiger partial charge is 0.224 e. The minimum Gasteiger partial charge on any atom is -0.356 e. The molecule has 0 unspecified atom stereocenters. The van der Waals surface area contributed by atoms with Crippen molar-refractivity contribution in [2.75, 3.05) is 6.54 Å². The monoisotopic (exact) mass is 351 g/mol. The second kappa shape index (κ2) is 8.53. The molecule has 0 saturated heterocycles. The minimum atomic E-state index is 0.0749. The molecule has 128 valence electrons. The molecule has 2 heterocycles. The molecule has 2 aromatic heterocycles. The van der Waals surface area contributed by atoms with E-state index in [9.17, 15) is 4.79 Å². The first-order valence-electron chi connectivity index (χ1n) is 8.38. The first-order chi connectivity index (χ1) is 12.2. The van der Waals surface area contributed by atoms with Crippen molar-refractivity contribution in [2.24, 2.45) is 0 Å². The number of nitrogens with one attached hydrogen (secondary N) is 1. The number of pyridine rings is 1. The van der Waals surface area contributed by atoms with Crippen molar-refractivity contribution in [3.63, 3.8) is 0 Å². The predicted octanol–water partition coefficient (Wildman–Crippen LogP) is 3.81. The molecule has 0 fully saturated rings. The van der Waals surface area contributed by atoms with Crippen LogP contribution in [0.15, 0.2) is 54.2 Å². The third-order valence-corrected chi connectivity index (χ3v) is 4.94. The number of carbonyl (C=O) groups is 1. The van der Waals surface area contributed by atoms with Crippen LogP contribution >= 0.6 is 11.3 Å². The Hall–Kier alpha value is -2.53. The summed E-state index contributed by atoms with van der Waals surface area (Å²) in [6.45, 7) is 2.71. The number of thiazole rings is 1. The van der Waals surface area contributed by atoms with Crippen LogP contribution in [0.25, 0.3) is 11.3 Å². The van der Waals surface area contributed by atoms with Gasteiger partial charge in [-0.1, -0.05) is 24.3 Å².